The molecule has 37 heavy (non-hydrogen) atoms. The van der Waals surface area contributed by atoms with Gasteiger partial charge in [0.1, 0.15) is 0 Å². The first-order valence-electron chi connectivity index (χ1n) is 14.2. The average molecular weight is 503 g/mol. The van der Waals surface area contributed by atoms with E-state index in [0.29, 0.717) is 36.0 Å². The molecule has 3 aliphatic rings. The Balaban J connectivity index is 1.27. The summed E-state index contributed by atoms with van der Waals surface area (Å²) >= 11 is 0. The number of anilines is 1. The highest BCUT2D eigenvalue weighted by Gasteiger charge is 2.44. The van der Waals surface area contributed by atoms with Crippen molar-refractivity contribution in [1.82, 2.24) is 14.0 Å². The molecule has 2 aliphatic carbocycles. The van der Waals surface area contributed by atoms with Crippen LogP contribution in [0.25, 0.3) is 17.0 Å². The highest BCUT2D eigenvalue weighted by atomic mass is 16.5. The molecule has 6 rings (SSSR count). The van der Waals surface area contributed by atoms with Crippen molar-refractivity contribution in [3.05, 3.63) is 46.9 Å². The highest BCUT2D eigenvalue weighted by Crippen LogP contribution is 2.57. The summed E-state index contributed by atoms with van der Waals surface area (Å²) in [5.41, 5.74) is 3.45. The molecule has 0 radical (unpaired) electrons. The number of amides is 1. The van der Waals surface area contributed by atoms with Crippen LogP contribution in [0, 0.1) is 11.3 Å². The Morgan fingerprint density at radius 2 is 1.84 bits per heavy atom. The first-order chi connectivity index (χ1) is 18.0. The molecule has 1 saturated heterocycles. The van der Waals surface area contributed by atoms with E-state index in [2.05, 4.69) is 11.5 Å². The van der Waals surface area contributed by atoms with Gasteiger partial charge in [-0.05, 0) is 80.4 Å². The van der Waals surface area contributed by atoms with Crippen LogP contribution >= 0.6 is 0 Å². The number of hydrogen-bond acceptors (Lipinski definition) is 4. The lowest BCUT2D eigenvalue weighted by atomic mass is 9.80. The van der Waals surface area contributed by atoms with Crippen molar-refractivity contribution in [1.29, 1.82) is 0 Å². The van der Waals surface area contributed by atoms with Crippen LogP contribution in [0.15, 0.2) is 41.3 Å². The van der Waals surface area contributed by atoms with Gasteiger partial charge in [0.25, 0.3) is 5.56 Å². The van der Waals surface area contributed by atoms with Crippen LogP contribution in [0.5, 0.6) is 5.88 Å². The Morgan fingerprint density at radius 1 is 1.05 bits per heavy atom. The van der Waals surface area contributed by atoms with E-state index in [0.717, 1.165) is 55.7 Å². The first-order valence-corrected chi connectivity index (χ1v) is 14.2. The monoisotopic (exact) mass is 502 g/mol. The number of unbranched alkanes of at least 4 members (excludes halogenated alkanes) is 2. The Morgan fingerprint density at radius 3 is 2.51 bits per heavy atom. The molecule has 196 valence electrons. The SMILES string of the molecule is CCCCCn1c(-c2ccc(N3CCCC3=O)cc2)cn2c(=O)cc(OCC3CCC4(CC3)CC4)nc12. The zero-order chi connectivity index (χ0) is 25.4. The number of rotatable bonds is 9. The summed E-state index contributed by atoms with van der Waals surface area (Å²) in [7, 11) is 0. The van der Waals surface area contributed by atoms with Gasteiger partial charge in [-0.2, -0.15) is 4.98 Å². The molecule has 0 atom stereocenters. The minimum Gasteiger partial charge on any atom is -0.477 e. The fraction of sp³-hybridized carbons (Fsp3) is 0.567. The van der Waals surface area contributed by atoms with E-state index >= 15 is 0 Å². The summed E-state index contributed by atoms with van der Waals surface area (Å²) in [6.45, 7) is 4.39. The predicted octanol–water partition coefficient (Wildman–Crippen LogP) is 5.83. The van der Waals surface area contributed by atoms with Gasteiger partial charge in [-0.3, -0.25) is 14.0 Å². The van der Waals surface area contributed by atoms with Crippen LogP contribution in [0.2, 0.25) is 0 Å². The molecular weight excluding hydrogens is 464 g/mol. The summed E-state index contributed by atoms with van der Waals surface area (Å²) in [5.74, 6) is 1.80. The van der Waals surface area contributed by atoms with Gasteiger partial charge in [0.05, 0.1) is 18.4 Å². The molecule has 0 bridgehead atoms. The molecule has 2 aromatic heterocycles. The molecule has 0 N–H and O–H groups in total. The molecule has 3 aromatic rings. The van der Waals surface area contributed by atoms with Gasteiger partial charge >= 0.3 is 0 Å². The van der Waals surface area contributed by atoms with Crippen LogP contribution in [0.4, 0.5) is 5.69 Å². The smallest absolute Gasteiger partial charge is 0.262 e. The second-order valence-electron chi connectivity index (χ2n) is 11.4. The van der Waals surface area contributed by atoms with Gasteiger partial charge < -0.3 is 14.2 Å². The minimum atomic E-state index is -0.115. The molecule has 1 amide bonds. The van der Waals surface area contributed by atoms with E-state index in [1.165, 1.54) is 44.6 Å². The summed E-state index contributed by atoms with van der Waals surface area (Å²) < 4.78 is 9.92. The van der Waals surface area contributed by atoms with Crippen molar-refractivity contribution in [2.45, 2.75) is 84.1 Å². The number of benzene rings is 1. The number of carbonyl (C=O) groups is 1. The van der Waals surface area contributed by atoms with Crippen LogP contribution in [-0.2, 0) is 11.3 Å². The predicted molar refractivity (Wildman–Crippen MR) is 145 cm³/mol. The number of ether oxygens (including phenoxy) is 1. The number of hydrogen-bond donors (Lipinski definition) is 0. The number of fused-ring (bicyclic) bond motifs is 1. The maximum Gasteiger partial charge on any atom is 0.262 e. The van der Waals surface area contributed by atoms with Crippen molar-refractivity contribution in [3.8, 4) is 17.1 Å². The lowest BCUT2D eigenvalue weighted by Gasteiger charge is -2.28. The molecule has 1 aromatic carbocycles. The Bertz CT molecular complexity index is 1330. The molecule has 0 unspecified atom stereocenters. The van der Waals surface area contributed by atoms with Gasteiger partial charge in [0.2, 0.25) is 17.6 Å². The maximum absolute atomic E-state index is 13.1. The lowest BCUT2D eigenvalue weighted by Crippen LogP contribution is -2.23. The Kier molecular flexibility index (Phi) is 6.55. The fourth-order valence-electron chi connectivity index (χ4n) is 6.18. The van der Waals surface area contributed by atoms with Crippen LogP contribution in [-0.4, -0.2) is 33.0 Å². The van der Waals surface area contributed by atoms with Crippen LogP contribution < -0.4 is 15.2 Å². The normalized spacial score (nSPS) is 19.3. The van der Waals surface area contributed by atoms with Crippen LogP contribution in [0.1, 0.15) is 77.6 Å². The highest BCUT2D eigenvalue weighted by molar-refractivity contribution is 5.95. The van der Waals surface area contributed by atoms with E-state index in [1.807, 2.05) is 35.4 Å². The third-order valence-corrected chi connectivity index (χ3v) is 8.82. The number of aromatic nitrogens is 3. The second-order valence-corrected chi connectivity index (χ2v) is 11.4. The quantitative estimate of drug-likeness (QED) is 0.345. The van der Waals surface area contributed by atoms with Gasteiger partial charge in [0, 0.05) is 31.4 Å². The molecule has 3 fully saturated rings. The van der Waals surface area contributed by atoms with E-state index in [4.69, 9.17) is 9.72 Å². The largest absolute Gasteiger partial charge is 0.477 e. The average Bonchev–Trinajstić information content (AvgIpc) is 3.35. The Labute approximate surface area is 218 Å². The molecule has 7 heteroatoms. The minimum absolute atomic E-state index is 0.115. The summed E-state index contributed by atoms with van der Waals surface area (Å²) in [5, 5.41) is 0. The topological polar surface area (TPSA) is 68.8 Å². The molecule has 3 heterocycles. The Hall–Kier alpha value is -3.09. The molecular formula is C30H38N4O3. The van der Waals surface area contributed by atoms with E-state index in [9.17, 15) is 9.59 Å². The fourth-order valence-corrected chi connectivity index (χ4v) is 6.18. The van der Waals surface area contributed by atoms with Crippen molar-refractivity contribution < 1.29 is 9.53 Å². The van der Waals surface area contributed by atoms with Gasteiger partial charge in [-0.25, -0.2) is 0 Å². The van der Waals surface area contributed by atoms with E-state index in [-0.39, 0.29) is 11.5 Å². The number of carbonyl (C=O) groups excluding carboxylic acids is 1. The summed E-state index contributed by atoms with van der Waals surface area (Å²) in [4.78, 5) is 32.0. The third kappa shape index (κ3) is 4.92. The number of imidazole rings is 1. The molecule has 2 saturated carbocycles. The summed E-state index contributed by atoms with van der Waals surface area (Å²) in [6.07, 6.45) is 14.6. The van der Waals surface area contributed by atoms with E-state index in [1.54, 1.807) is 4.40 Å². The maximum atomic E-state index is 13.1. The van der Waals surface area contributed by atoms with Gasteiger partial charge in [0.15, 0.2) is 0 Å². The first kappa shape index (κ1) is 24.3. The van der Waals surface area contributed by atoms with Gasteiger partial charge in [-0.1, -0.05) is 31.9 Å². The van der Waals surface area contributed by atoms with Gasteiger partial charge in [-0.15, -0.1) is 0 Å². The van der Waals surface area contributed by atoms with Crippen molar-refractivity contribution >= 4 is 17.4 Å². The molecule has 1 spiro atoms. The lowest BCUT2D eigenvalue weighted by molar-refractivity contribution is -0.117. The zero-order valence-electron chi connectivity index (χ0n) is 22.0. The van der Waals surface area contributed by atoms with Crippen molar-refractivity contribution in [3.63, 3.8) is 0 Å². The standard InChI is InChI=1S/C30H38N4O3/c1-2-3-4-17-33-25(23-7-9-24(10-8-23)32-18-5-6-27(32)35)20-34-28(36)19-26(31-29(33)34)37-21-22-11-13-30(14-12-22)15-16-30/h7-10,19-20,22H,2-6,11-18,21H2,1H3. The van der Waals surface area contributed by atoms with Crippen LogP contribution in [0.3, 0.4) is 0 Å². The zero-order valence-corrected chi connectivity index (χ0v) is 22.0. The molecule has 7 nitrogen and oxygen atoms in total. The number of aryl methyl sites for hydroxylation is 1. The van der Waals surface area contributed by atoms with Crippen molar-refractivity contribution in [2.75, 3.05) is 18.1 Å². The number of nitrogens with zero attached hydrogens (tertiary/aromatic N) is 4. The van der Waals surface area contributed by atoms with E-state index < -0.39 is 0 Å². The summed E-state index contributed by atoms with van der Waals surface area (Å²) in [6, 6.07) is 9.63. The second kappa shape index (κ2) is 9.99. The van der Waals surface area contributed by atoms with Crippen molar-refractivity contribution in [2.24, 2.45) is 11.3 Å². The third-order valence-electron chi connectivity index (χ3n) is 8.82. The molecule has 1 aliphatic heterocycles.